The van der Waals surface area contributed by atoms with Crippen molar-refractivity contribution in [2.24, 2.45) is 5.73 Å². The Bertz CT molecular complexity index is 998. The van der Waals surface area contributed by atoms with Crippen molar-refractivity contribution < 1.29 is 9.59 Å². The van der Waals surface area contributed by atoms with Gasteiger partial charge in [0.2, 0.25) is 5.91 Å². The fourth-order valence-corrected chi connectivity index (χ4v) is 2.99. The van der Waals surface area contributed by atoms with Crippen molar-refractivity contribution in [3.05, 3.63) is 65.5 Å². The highest BCUT2D eigenvalue weighted by Crippen LogP contribution is 2.23. The number of carbonyl (C=O) groups excluding carboxylic acids is 2. The number of amides is 3. The van der Waals surface area contributed by atoms with Crippen LogP contribution in [0.5, 0.6) is 0 Å². The van der Waals surface area contributed by atoms with Gasteiger partial charge in [0.25, 0.3) is 0 Å². The summed E-state index contributed by atoms with van der Waals surface area (Å²) in [5.74, 6) is 1.02. The van der Waals surface area contributed by atoms with Gasteiger partial charge in [0, 0.05) is 11.3 Å². The molecule has 0 aliphatic carbocycles. The molecule has 0 aliphatic heterocycles. The SMILES string of the molecule is Cc1nc(-c2cccc(NC(=O)CC(NC(N)=O)c3ccccc3C)c2)n[nH]1. The number of nitrogens with zero attached hydrogens (tertiary/aromatic N) is 2. The van der Waals surface area contributed by atoms with Crippen molar-refractivity contribution in [1.82, 2.24) is 20.5 Å². The maximum absolute atomic E-state index is 12.6. The Morgan fingerprint density at radius 2 is 1.93 bits per heavy atom. The number of carbonyl (C=O) groups is 2. The largest absolute Gasteiger partial charge is 0.352 e. The predicted molar refractivity (Wildman–Crippen MR) is 106 cm³/mol. The number of aromatic nitrogens is 3. The number of anilines is 1. The number of rotatable bonds is 6. The van der Waals surface area contributed by atoms with Crippen LogP contribution in [0.2, 0.25) is 0 Å². The van der Waals surface area contributed by atoms with Crippen molar-refractivity contribution >= 4 is 17.6 Å². The van der Waals surface area contributed by atoms with E-state index in [1.807, 2.05) is 50.2 Å². The molecule has 3 aromatic rings. The first-order valence-electron chi connectivity index (χ1n) is 8.83. The lowest BCUT2D eigenvalue weighted by atomic mass is 9.98. The van der Waals surface area contributed by atoms with Crippen LogP contribution in [0, 0.1) is 13.8 Å². The monoisotopic (exact) mass is 378 g/mol. The molecule has 0 spiro atoms. The maximum Gasteiger partial charge on any atom is 0.312 e. The second-order valence-corrected chi connectivity index (χ2v) is 6.50. The zero-order chi connectivity index (χ0) is 20.1. The lowest BCUT2D eigenvalue weighted by molar-refractivity contribution is -0.116. The van der Waals surface area contributed by atoms with Crippen molar-refractivity contribution in [2.45, 2.75) is 26.3 Å². The zero-order valence-electron chi connectivity index (χ0n) is 15.7. The number of benzene rings is 2. The van der Waals surface area contributed by atoms with Crippen LogP contribution in [-0.2, 0) is 4.79 Å². The first kappa shape index (κ1) is 19.1. The van der Waals surface area contributed by atoms with E-state index in [1.165, 1.54) is 0 Å². The highest BCUT2D eigenvalue weighted by Gasteiger charge is 2.19. The molecule has 1 unspecified atom stereocenters. The molecule has 2 aromatic carbocycles. The molecule has 8 nitrogen and oxygen atoms in total. The van der Waals surface area contributed by atoms with Crippen LogP contribution in [-0.4, -0.2) is 27.1 Å². The first-order chi connectivity index (χ1) is 13.4. The van der Waals surface area contributed by atoms with E-state index in [0.29, 0.717) is 17.3 Å². The summed E-state index contributed by atoms with van der Waals surface area (Å²) >= 11 is 0. The maximum atomic E-state index is 12.6. The number of aryl methyl sites for hydroxylation is 2. The first-order valence-corrected chi connectivity index (χ1v) is 8.83. The quantitative estimate of drug-likeness (QED) is 0.526. The Morgan fingerprint density at radius 1 is 1.14 bits per heavy atom. The van der Waals surface area contributed by atoms with Gasteiger partial charge in [-0.3, -0.25) is 9.89 Å². The summed E-state index contributed by atoms with van der Waals surface area (Å²) in [4.78, 5) is 28.3. The van der Waals surface area contributed by atoms with Gasteiger partial charge < -0.3 is 16.4 Å². The number of H-pyrrole nitrogens is 1. The van der Waals surface area contributed by atoms with E-state index < -0.39 is 12.1 Å². The fourth-order valence-electron chi connectivity index (χ4n) is 2.99. The normalized spacial score (nSPS) is 11.6. The van der Waals surface area contributed by atoms with Crippen LogP contribution in [0.1, 0.15) is 29.4 Å². The standard InChI is InChI=1S/C20H22N6O2/c1-12-6-3-4-9-16(12)17(24-20(21)28)11-18(27)23-15-8-5-7-14(10-15)19-22-13(2)25-26-19/h3-10,17H,11H2,1-2H3,(H,23,27)(H3,21,24,28)(H,22,25,26). The third kappa shape index (κ3) is 4.73. The van der Waals surface area contributed by atoms with Gasteiger partial charge >= 0.3 is 6.03 Å². The molecule has 0 radical (unpaired) electrons. The summed E-state index contributed by atoms with van der Waals surface area (Å²) in [5.41, 5.74) is 8.52. The fraction of sp³-hybridized carbons (Fsp3) is 0.200. The minimum atomic E-state index is -0.678. The summed E-state index contributed by atoms with van der Waals surface area (Å²) in [6.07, 6.45) is 0.0534. The molecule has 0 saturated carbocycles. The molecule has 1 aromatic heterocycles. The van der Waals surface area contributed by atoms with Gasteiger partial charge in [0.1, 0.15) is 5.82 Å². The van der Waals surface area contributed by atoms with Crippen LogP contribution in [0.15, 0.2) is 48.5 Å². The van der Waals surface area contributed by atoms with E-state index in [0.717, 1.165) is 16.7 Å². The van der Waals surface area contributed by atoms with Crippen LogP contribution in [0.3, 0.4) is 0 Å². The van der Waals surface area contributed by atoms with Crippen LogP contribution >= 0.6 is 0 Å². The van der Waals surface area contributed by atoms with E-state index in [-0.39, 0.29) is 12.3 Å². The summed E-state index contributed by atoms with van der Waals surface area (Å²) < 4.78 is 0. The molecular formula is C20H22N6O2. The Balaban J connectivity index is 1.74. The number of aromatic amines is 1. The third-order valence-corrected chi connectivity index (χ3v) is 4.27. The van der Waals surface area contributed by atoms with E-state index in [4.69, 9.17) is 5.73 Å². The van der Waals surface area contributed by atoms with Crippen LogP contribution < -0.4 is 16.4 Å². The zero-order valence-corrected chi connectivity index (χ0v) is 15.7. The van der Waals surface area contributed by atoms with Crippen molar-refractivity contribution in [3.63, 3.8) is 0 Å². The Morgan fingerprint density at radius 3 is 2.61 bits per heavy atom. The van der Waals surface area contributed by atoms with Crippen molar-refractivity contribution in [1.29, 1.82) is 0 Å². The molecule has 144 valence electrons. The summed E-state index contributed by atoms with van der Waals surface area (Å²) in [6, 6.07) is 13.6. The Hall–Kier alpha value is -3.68. The summed E-state index contributed by atoms with van der Waals surface area (Å²) in [7, 11) is 0. The number of nitrogens with one attached hydrogen (secondary N) is 3. The van der Waals surface area contributed by atoms with E-state index in [2.05, 4.69) is 25.8 Å². The molecule has 1 atom stereocenters. The second-order valence-electron chi connectivity index (χ2n) is 6.50. The number of hydrogen-bond acceptors (Lipinski definition) is 4. The second kappa shape index (κ2) is 8.34. The highest BCUT2D eigenvalue weighted by atomic mass is 16.2. The molecule has 28 heavy (non-hydrogen) atoms. The smallest absolute Gasteiger partial charge is 0.312 e. The topological polar surface area (TPSA) is 126 Å². The third-order valence-electron chi connectivity index (χ3n) is 4.27. The van der Waals surface area contributed by atoms with Gasteiger partial charge in [0.05, 0.1) is 12.5 Å². The highest BCUT2D eigenvalue weighted by molar-refractivity contribution is 5.92. The summed E-state index contributed by atoms with van der Waals surface area (Å²) in [6.45, 7) is 3.74. The van der Waals surface area contributed by atoms with E-state index >= 15 is 0 Å². The van der Waals surface area contributed by atoms with Gasteiger partial charge in [-0.25, -0.2) is 9.78 Å². The molecule has 3 rings (SSSR count). The van der Waals surface area contributed by atoms with Crippen molar-refractivity contribution in [2.75, 3.05) is 5.32 Å². The average Bonchev–Trinajstić information content (AvgIpc) is 3.08. The summed E-state index contributed by atoms with van der Waals surface area (Å²) in [5, 5.41) is 12.4. The minimum absolute atomic E-state index is 0.0534. The lowest BCUT2D eigenvalue weighted by Gasteiger charge is -2.19. The number of hydrogen-bond donors (Lipinski definition) is 4. The molecule has 0 bridgehead atoms. The molecule has 0 fully saturated rings. The van der Waals surface area contributed by atoms with Crippen LogP contribution in [0.4, 0.5) is 10.5 Å². The number of primary amides is 1. The van der Waals surface area contributed by atoms with E-state index in [9.17, 15) is 9.59 Å². The molecular weight excluding hydrogens is 356 g/mol. The average molecular weight is 378 g/mol. The Labute approximate surface area is 162 Å². The predicted octanol–water partition coefficient (Wildman–Crippen LogP) is 2.83. The molecule has 0 saturated heterocycles. The minimum Gasteiger partial charge on any atom is -0.352 e. The van der Waals surface area contributed by atoms with Gasteiger partial charge in [-0.05, 0) is 37.1 Å². The Kier molecular flexibility index (Phi) is 5.69. The molecule has 8 heteroatoms. The van der Waals surface area contributed by atoms with E-state index in [1.54, 1.807) is 12.1 Å². The lowest BCUT2D eigenvalue weighted by Crippen LogP contribution is -2.35. The molecule has 1 heterocycles. The number of urea groups is 1. The van der Waals surface area contributed by atoms with Gasteiger partial charge in [-0.1, -0.05) is 36.4 Å². The number of nitrogens with two attached hydrogens (primary N) is 1. The van der Waals surface area contributed by atoms with Gasteiger partial charge in [-0.15, -0.1) is 0 Å². The van der Waals surface area contributed by atoms with Crippen LogP contribution in [0.25, 0.3) is 11.4 Å². The molecule has 0 aliphatic rings. The molecule has 3 amide bonds. The van der Waals surface area contributed by atoms with Gasteiger partial charge in [-0.2, -0.15) is 5.10 Å². The van der Waals surface area contributed by atoms with Gasteiger partial charge in [0.15, 0.2) is 5.82 Å². The van der Waals surface area contributed by atoms with Crippen molar-refractivity contribution in [3.8, 4) is 11.4 Å². The molecule has 5 N–H and O–H groups in total.